The van der Waals surface area contributed by atoms with E-state index in [9.17, 15) is 0 Å². The molecule has 1 heterocycles. The molecule has 0 fully saturated rings. The lowest BCUT2D eigenvalue weighted by atomic mass is 10.3. The Balaban J connectivity index is 2.35. The fourth-order valence-corrected chi connectivity index (χ4v) is 1.59. The van der Waals surface area contributed by atoms with E-state index in [1.54, 1.807) is 0 Å². The van der Waals surface area contributed by atoms with Gasteiger partial charge in [-0.05, 0) is 12.1 Å². The predicted molar refractivity (Wildman–Crippen MR) is 49.6 cm³/mol. The van der Waals surface area contributed by atoms with Gasteiger partial charge in [-0.3, -0.25) is 0 Å². The SMILES string of the molecule is CCC1Oc2ccccc2N1C. The third-order valence-electron chi connectivity index (χ3n) is 2.29. The molecule has 1 aliphatic heterocycles. The summed E-state index contributed by atoms with van der Waals surface area (Å²) in [5.41, 5.74) is 1.20. The number of anilines is 1. The van der Waals surface area contributed by atoms with Crippen molar-refractivity contribution in [3.8, 4) is 5.75 Å². The largest absolute Gasteiger partial charge is 0.468 e. The van der Waals surface area contributed by atoms with E-state index in [0.29, 0.717) is 0 Å². The van der Waals surface area contributed by atoms with Gasteiger partial charge in [0.25, 0.3) is 0 Å². The summed E-state index contributed by atoms with van der Waals surface area (Å²) < 4.78 is 5.69. The molecule has 0 radical (unpaired) electrons. The maximum atomic E-state index is 5.69. The first-order valence-electron chi connectivity index (χ1n) is 4.31. The molecule has 0 saturated heterocycles. The molecule has 1 atom stereocenters. The van der Waals surface area contributed by atoms with Gasteiger partial charge in [0.1, 0.15) is 5.75 Å². The quantitative estimate of drug-likeness (QED) is 0.629. The Labute approximate surface area is 72.8 Å². The zero-order valence-corrected chi connectivity index (χ0v) is 7.45. The molecule has 0 spiro atoms. The van der Waals surface area contributed by atoms with Gasteiger partial charge in [-0.2, -0.15) is 0 Å². The molecule has 1 aromatic rings. The van der Waals surface area contributed by atoms with Crippen molar-refractivity contribution in [1.82, 2.24) is 0 Å². The number of rotatable bonds is 1. The zero-order chi connectivity index (χ0) is 8.55. The first kappa shape index (κ1) is 7.47. The molecular formula is C10H13NO. The van der Waals surface area contributed by atoms with E-state index in [2.05, 4.69) is 24.9 Å². The van der Waals surface area contributed by atoms with Crippen molar-refractivity contribution in [2.45, 2.75) is 19.6 Å². The molecule has 2 rings (SSSR count). The molecule has 0 N–H and O–H groups in total. The Hall–Kier alpha value is -1.18. The third-order valence-corrected chi connectivity index (χ3v) is 2.29. The van der Waals surface area contributed by atoms with Crippen LogP contribution in [-0.2, 0) is 0 Å². The average molecular weight is 163 g/mol. The standard InChI is InChI=1S/C10H13NO/c1-3-10-11(2)8-6-4-5-7-9(8)12-10/h4-7,10H,3H2,1-2H3. The molecule has 64 valence electrons. The molecule has 2 heteroatoms. The fourth-order valence-electron chi connectivity index (χ4n) is 1.59. The minimum absolute atomic E-state index is 0.224. The fraction of sp³-hybridized carbons (Fsp3) is 0.400. The maximum absolute atomic E-state index is 5.69. The van der Waals surface area contributed by atoms with Crippen molar-refractivity contribution in [3.63, 3.8) is 0 Å². The first-order chi connectivity index (χ1) is 5.83. The zero-order valence-electron chi connectivity index (χ0n) is 7.45. The smallest absolute Gasteiger partial charge is 0.172 e. The van der Waals surface area contributed by atoms with E-state index >= 15 is 0 Å². The Morgan fingerprint density at radius 3 is 2.83 bits per heavy atom. The van der Waals surface area contributed by atoms with Gasteiger partial charge < -0.3 is 9.64 Å². The number of ether oxygens (including phenoxy) is 1. The summed E-state index contributed by atoms with van der Waals surface area (Å²) in [5, 5.41) is 0. The van der Waals surface area contributed by atoms with E-state index in [-0.39, 0.29) is 6.23 Å². The third kappa shape index (κ3) is 0.951. The van der Waals surface area contributed by atoms with Crippen LogP contribution >= 0.6 is 0 Å². The molecule has 1 unspecified atom stereocenters. The van der Waals surface area contributed by atoms with Gasteiger partial charge in [-0.1, -0.05) is 19.1 Å². The van der Waals surface area contributed by atoms with Crippen LogP contribution in [0.1, 0.15) is 13.3 Å². The van der Waals surface area contributed by atoms with Crippen LogP contribution in [0.5, 0.6) is 5.75 Å². The summed E-state index contributed by atoms with van der Waals surface area (Å²) in [7, 11) is 2.07. The van der Waals surface area contributed by atoms with Gasteiger partial charge >= 0.3 is 0 Å². The lowest BCUT2D eigenvalue weighted by Gasteiger charge is -2.18. The monoisotopic (exact) mass is 163 g/mol. The highest BCUT2D eigenvalue weighted by molar-refractivity contribution is 5.61. The maximum Gasteiger partial charge on any atom is 0.172 e. The van der Waals surface area contributed by atoms with E-state index < -0.39 is 0 Å². The number of nitrogens with zero attached hydrogens (tertiary/aromatic N) is 1. The summed E-state index contributed by atoms with van der Waals surface area (Å²) >= 11 is 0. The number of para-hydroxylation sites is 2. The molecule has 0 saturated carbocycles. The molecule has 12 heavy (non-hydrogen) atoms. The van der Waals surface area contributed by atoms with Gasteiger partial charge in [0.05, 0.1) is 5.69 Å². The van der Waals surface area contributed by atoms with Crippen molar-refractivity contribution >= 4 is 5.69 Å². The first-order valence-corrected chi connectivity index (χ1v) is 4.31. The Bertz CT molecular complexity index is 285. The molecule has 0 aromatic heterocycles. The summed E-state index contributed by atoms with van der Waals surface area (Å²) in [5.74, 6) is 1.01. The number of benzene rings is 1. The van der Waals surface area contributed by atoms with Crippen molar-refractivity contribution in [3.05, 3.63) is 24.3 Å². The van der Waals surface area contributed by atoms with Gasteiger partial charge in [0.15, 0.2) is 6.23 Å². The van der Waals surface area contributed by atoms with E-state index in [4.69, 9.17) is 4.74 Å². The van der Waals surface area contributed by atoms with E-state index in [0.717, 1.165) is 12.2 Å². The Morgan fingerprint density at radius 2 is 2.17 bits per heavy atom. The summed E-state index contributed by atoms with van der Waals surface area (Å²) in [6, 6.07) is 8.15. The topological polar surface area (TPSA) is 12.5 Å². The minimum atomic E-state index is 0.224. The second kappa shape index (κ2) is 2.70. The van der Waals surface area contributed by atoms with E-state index in [1.807, 2.05) is 18.2 Å². The van der Waals surface area contributed by atoms with Crippen LogP contribution < -0.4 is 9.64 Å². The molecule has 0 aliphatic carbocycles. The lowest BCUT2D eigenvalue weighted by molar-refractivity contribution is 0.225. The predicted octanol–water partition coefficient (Wildman–Crippen LogP) is 2.25. The molecular weight excluding hydrogens is 150 g/mol. The van der Waals surface area contributed by atoms with Gasteiger partial charge in [-0.15, -0.1) is 0 Å². The molecule has 0 bridgehead atoms. The molecule has 2 nitrogen and oxygen atoms in total. The van der Waals surface area contributed by atoms with Crippen molar-refractivity contribution in [2.75, 3.05) is 11.9 Å². The summed E-state index contributed by atoms with van der Waals surface area (Å²) in [4.78, 5) is 2.18. The molecule has 1 aromatic carbocycles. The average Bonchev–Trinajstić information content (AvgIpc) is 2.44. The summed E-state index contributed by atoms with van der Waals surface area (Å²) in [6.07, 6.45) is 1.24. The second-order valence-electron chi connectivity index (χ2n) is 3.06. The van der Waals surface area contributed by atoms with Crippen LogP contribution in [0.15, 0.2) is 24.3 Å². The van der Waals surface area contributed by atoms with Crippen LogP contribution in [0, 0.1) is 0 Å². The number of hydrogen-bond donors (Lipinski definition) is 0. The normalized spacial score (nSPS) is 20.5. The van der Waals surface area contributed by atoms with Crippen LogP contribution in [-0.4, -0.2) is 13.3 Å². The minimum Gasteiger partial charge on any atom is -0.468 e. The van der Waals surface area contributed by atoms with Crippen LogP contribution in [0.2, 0.25) is 0 Å². The Morgan fingerprint density at radius 1 is 1.42 bits per heavy atom. The summed E-state index contributed by atoms with van der Waals surface area (Å²) in [6.45, 7) is 2.13. The Kier molecular flexibility index (Phi) is 1.68. The second-order valence-corrected chi connectivity index (χ2v) is 3.06. The number of fused-ring (bicyclic) bond motifs is 1. The van der Waals surface area contributed by atoms with Crippen LogP contribution in [0.25, 0.3) is 0 Å². The highest BCUT2D eigenvalue weighted by atomic mass is 16.5. The molecule has 1 aliphatic rings. The van der Waals surface area contributed by atoms with Gasteiger partial charge in [-0.25, -0.2) is 0 Å². The van der Waals surface area contributed by atoms with Gasteiger partial charge in [0, 0.05) is 13.5 Å². The van der Waals surface area contributed by atoms with Crippen molar-refractivity contribution < 1.29 is 4.74 Å². The van der Waals surface area contributed by atoms with Crippen molar-refractivity contribution in [1.29, 1.82) is 0 Å². The highest BCUT2D eigenvalue weighted by Gasteiger charge is 2.25. The highest BCUT2D eigenvalue weighted by Crippen LogP contribution is 2.36. The molecule has 0 amide bonds. The van der Waals surface area contributed by atoms with Crippen molar-refractivity contribution in [2.24, 2.45) is 0 Å². The van der Waals surface area contributed by atoms with Crippen LogP contribution in [0.3, 0.4) is 0 Å². The number of hydrogen-bond acceptors (Lipinski definition) is 2. The van der Waals surface area contributed by atoms with Gasteiger partial charge in [0.2, 0.25) is 0 Å². The lowest BCUT2D eigenvalue weighted by Crippen LogP contribution is -2.29. The van der Waals surface area contributed by atoms with E-state index in [1.165, 1.54) is 5.69 Å². The van der Waals surface area contributed by atoms with Crippen LogP contribution in [0.4, 0.5) is 5.69 Å².